The highest BCUT2D eigenvalue weighted by Crippen LogP contribution is 2.36. The molecule has 0 aliphatic carbocycles. The Morgan fingerprint density at radius 2 is 1.92 bits per heavy atom. The summed E-state index contributed by atoms with van der Waals surface area (Å²) in [5.74, 6) is 2.54. The van der Waals surface area contributed by atoms with Gasteiger partial charge in [0.25, 0.3) is 0 Å². The number of nitrogens with zero attached hydrogens (tertiary/aromatic N) is 4. The van der Waals surface area contributed by atoms with Gasteiger partial charge in [0.2, 0.25) is 6.79 Å². The number of nitrogens with one attached hydrogen (secondary N) is 1. The molecular formula is C17H17N5O2. The van der Waals surface area contributed by atoms with E-state index in [9.17, 15) is 0 Å². The molecule has 7 heteroatoms. The fraction of sp³-hybridized carbons (Fsp3) is 0.294. The number of benzene rings is 1. The summed E-state index contributed by atoms with van der Waals surface area (Å²) in [6.07, 6.45) is 3.69. The van der Waals surface area contributed by atoms with Gasteiger partial charge in [-0.25, -0.2) is 9.50 Å². The van der Waals surface area contributed by atoms with Crippen LogP contribution in [0.15, 0.2) is 36.7 Å². The molecule has 4 heterocycles. The summed E-state index contributed by atoms with van der Waals surface area (Å²) in [4.78, 5) is 6.89. The molecule has 0 unspecified atom stereocenters. The molecule has 0 saturated carbocycles. The number of piperazine rings is 1. The maximum absolute atomic E-state index is 5.47. The average molecular weight is 323 g/mol. The number of rotatable bonds is 2. The van der Waals surface area contributed by atoms with Gasteiger partial charge in [0.1, 0.15) is 5.52 Å². The molecule has 2 aromatic heterocycles. The summed E-state index contributed by atoms with van der Waals surface area (Å²) in [6, 6.07) is 7.99. The second-order valence-electron chi connectivity index (χ2n) is 5.92. The lowest BCUT2D eigenvalue weighted by Gasteiger charge is -2.28. The lowest BCUT2D eigenvalue weighted by molar-refractivity contribution is 0.174. The summed E-state index contributed by atoms with van der Waals surface area (Å²) in [5.41, 5.74) is 2.93. The van der Waals surface area contributed by atoms with Gasteiger partial charge in [-0.3, -0.25) is 0 Å². The van der Waals surface area contributed by atoms with Gasteiger partial charge in [-0.05, 0) is 24.3 Å². The quantitative estimate of drug-likeness (QED) is 0.772. The molecule has 5 rings (SSSR count). The molecular weight excluding hydrogens is 306 g/mol. The van der Waals surface area contributed by atoms with E-state index in [1.807, 2.05) is 28.9 Å². The molecule has 0 amide bonds. The zero-order valence-electron chi connectivity index (χ0n) is 13.1. The molecule has 0 spiro atoms. The minimum absolute atomic E-state index is 0.279. The number of anilines is 1. The highest BCUT2D eigenvalue weighted by Gasteiger charge is 2.18. The molecule has 2 aliphatic rings. The van der Waals surface area contributed by atoms with E-state index in [1.165, 1.54) is 0 Å². The molecule has 1 fully saturated rings. The van der Waals surface area contributed by atoms with Gasteiger partial charge >= 0.3 is 0 Å². The molecule has 0 bridgehead atoms. The van der Waals surface area contributed by atoms with Crippen LogP contribution in [0, 0.1) is 0 Å². The van der Waals surface area contributed by atoms with Crippen LogP contribution in [0.1, 0.15) is 0 Å². The topological polar surface area (TPSA) is 63.9 Å². The Balaban J connectivity index is 1.58. The van der Waals surface area contributed by atoms with E-state index in [0.717, 1.165) is 60.3 Å². The molecule has 7 nitrogen and oxygen atoms in total. The van der Waals surface area contributed by atoms with Gasteiger partial charge in [0.15, 0.2) is 17.3 Å². The molecule has 0 radical (unpaired) electrons. The van der Waals surface area contributed by atoms with Gasteiger partial charge in [-0.2, -0.15) is 5.10 Å². The van der Waals surface area contributed by atoms with Crippen molar-refractivity contribution in [2.75, 3.05) is 37.9 Å². The first-order valence-electron chi connectivity index (χ1n) is 8.08. The number of hydrogen-bond acceptors (Lipinski definition) is 6. The third-order valence-corrected chi connectivity index (χ3v) is 4.45. The van der Waals surface area contributed by atoms with Crippen LogP contribution in [0.2, 0.25) is 0 Å². The van der Waals surface area contributed by atoms with E-state index in [1.54, 1.807) is 6.20 Å². The Morgan fingerprint density at radius 3 is 2.83 bits per heavy atom. The van der Waals surface area contributed by atoms with Crippen molar-refractivity contribution in [3.63, 3.8) is 0 Å². The number of aromatic nitrogens is 3. The first-order valence-corrected chi connectivity index (χ1v) is 8.08. The zero-order valence-corrected chi connectivity index (χ0v) is 13.1. The molecule has 0 atom stereocenters. The molecule has 2 aliphatic heterocycles. The fourth-order valence-electron chi connectivity index (χ4n) is 3.23. The van der Waals surface area contributed by atoms with E-state index in [-0.39, 0.29) is 6.79 Å². The van der Waals surface area contributed by atoms with Crippen molar-refractivity contribution < 1.29 is 9.47 Å². The highest BCUT2D eigenvalue weighted by atomic mass is 16.7. The van der Waals surface area contributed by atoms with Crippen molar-refractivity contribution in [2.45, 2.75) is 0 Å². The predicted molar refractivity (Wildman–Crippen MR) is 89.6 cm³/mol. The predicted octanol–water partition coefficient (Wildman–Crippen LogP) is 1.53. The fourth-order valence-corrected chi connectivity index (χ4v) is 3.23. The monoisotopic (exact) mass is 323 g/mol. The average Bonchev–Trinajstić information content (AvgIpc) is 3.28. The lowest BCUT2D eigenvalue weighted by Crippen LogP contribution is -2.44. The van der Waals surface area contributed by atoms with Crippen molar-refractivity contribution in [3.05, 3.63) is 36.7 Å². The van der Waals surface area contributed by atoms with E-state index >= 15 is 0 Å². The van der Waals surface area contributed by atoms with Gasteiger partial charge < -0.3 is 19.7 Å². The number of fused-ring (bicyclic) bond motifs is 2. The van der Waals surface area contributed by atoms with Crippen LogP contribution in [-0.2, 0) is 0 Å². The summed E-state index contributed by atoms with van der Waals surface area (Å²) in [7, 11) is 0. The Bertz CT molecular complexity index is 901. The van der Waals surface area contributed by atoms with Crippen LogP contribution in [0.4, 0.5) is 5.82 Å². The van der Waals surface area contributed by atoms with Crippen LogP contribution in [0.25, 0.3) is 16.8 Å². The maximum Gasteiger partial charge on any atom is 0.231 e. The molecule has 1 N–H and O–H groups in total. The van der Waals surface area contributed by atoms with Gasteiger partial charge in [-0.15, -0.1) is 0 Å². The third-order valence-electron chi connectivity index (χ3n) is 4.45. The van der Waals surface area contributed by atoms with E-state index < -0.39 is 0 Å². The molecule has 1 saturated heterocycles. The summed E-state index contributed by atoms with van der Waals surface area (Å²) < 4.78 is 12.7. The second-order valence-corrected chi connectivity index (χ2v) is 5.92. The summed E-state index contributed by atoms with van der Waals surface area (Å²) >= 11 is 0. The number of ether oxygens (including phenoxy) is 2. The van der Waals surface area contributed by atoms with Crippen molar-refractivity contribution in [2.24, 2.45) is 0 Å². The molecule has 1 aromatic carbocycles. The number of hydrogen-bond donors (Lipinski definition) is 1. The third kappa shape index (κ3) is 2.16. The Kier molecular flexibility index (Phi) is 3.05. The first kappa shape index (κ1) is 13.6. The summed E-state index contributed by atoms with van der Waals surface area (Å²) in [6.45, 7) is 4.15. The largest absolute Gasteiger partial charge is 0.454 e. The van der Waals surface area contributed by atoms with Crippen molar-refractivity contribution in [1.82, 2.24) is 19.9 Å². The standard InChI is InChI=1S/C17H17N5O2/c1-2-15-16(24-11-23-15)9-12(1)13-10-14-17(19-5-8-22(14)20-13)21-6-3-18-4-7-21/h1-2,5,8-10,18H,3-4,6-7,11H2. The van der Waals surface area contributed by atoms with Crippen molar-refractivity contribution >= 4 is 11.3 Å². The van der Waals surface area contributed by atoms with Crippen molar-refractivity contribution in [3.8, 4) is 22.8 Å². The smallest absolute Gasteiger partial charge is 0.231 e. The molecule has 122 valence electrons. The Labute approximate surface area is 138 Å². The van der Waals surface area contributed by atoms with Crippen LogP contribution in [0.3, 0.4) is 0 Å². The molecule has 3 aromatic rings. The van der Waals surface area contributed by atoms with E-state index in [0.29, 0.717) is 0 Å². The van der Waals surface area contributed by atoms with Crippen LogP contribution in [-0.4, -0.2) is 47.6 Å². The Morgan fingerprint density at radius 1 is 1.04 bits per heavy atom. The maximum atomic E-state index is 5.47. The first-order chi connectivity index (χ1) is 11.9. The zero-order chi connectivity index (χ0) is 15.9. The highest BCUT2D eigenvalue weighted by molar-refractivity contribution is 5.76. The minimum atomic E-state index is 0.279. The van der Waals surface area contributed by atoms with Gasteiger partial charge in [-0.1, -0.05) is 0 Å². The summed E-state index contributed by atoms with van der Waals surface area (Å²) in [5, 5.41) is 8.07. The molecule has 24 heavy (non-hydrogen) atoms. The van der Waals surface area contributed by atoms with Crippen molar-refractivity contribution in [1.29, 1.82) is 0 Å². The minimum Gasteiger partial charge on any atom is -0.454 e. The lowest BCUT2D eigenvalue weighted by atomic mass is 10.1. The van der Waals surface area contributed by atoms with E-state index in [4.69, 9.17) is 14.6 Å². The van der Waals surface area contributed by atoms with Crippen LogP contribution in [0.5, 0.6) is 11.5 Å². The van der Waals surface area contributed by atoms with Gasteiger partial charge in [0, 0.05) is 44.1 Å². The SMILES string of the molecule is c1cn2nc(-c3ccc4c(c3)OCO4)cc2c(N2CCNCC2)n1. The Hall–Kier alpha value is -2.80. The van der Waals surface area contributed by atoms with Crippen LogP contribution < -0.4 is 19.7 Å². The van der Waals surface area contributed by atoms with E-state index in [2.05, 4.69) is 21.3 Å². The van der Waals surface area contributed by atoms with Gasteiger partial charge in [0.05, 0.1) is 5.69 Å². The second kappa shape index (κ2) is 5.38. The van der Waals surface area contributed by atoms with Crippen LogP contribution >= 0.6 is 0 Å². The normalized spacial score (nSPS) is 16.8.